The summed E-state index contributed by atoms with van der Waals surface area (Å²) in [6.45, 7) is 5.93. The molecular weight excluding hydrogens is 472 g/mol. The second-order valence-electron chi connectivity index (χ2n) is 11.7. The molecule has 1 fully saturated rings. The Morgan fingerprint density at radius 3 is 2.26 bits per heavy atom. The Morgan fingerprint density at radius 2 is 1.66 bits per heavy atom. The molecule has 4 aromatic rings. The average Bonchev–Trinajstić information content (AvgIpc) is 3.26. The lowest BCUT2D eigenvalue weighted by molar-refractivity contribution is -0.0328. The zero-order valence-electron chi connectivity index (χ0n) is 22.5. The fourth-order valence-electron chi connectivity index (χ4n) is 6.41. The largest absolute Gasteiger partial charge is 0.465 e. The van der Waals surface area contributed by atoms with Crippen LogP contribution in [0.2, 0.25) is 0 Å². The van der Waals surface area contributed by atoms with Gasteiger partial charge in [0.2, 0.25) is 0 Å². The van der Waals surface area contributed by atoms with Crippen LogP contribution in [-0.2, 0) is 25.4 Å². The summed E-state index contributed by atoms with van der Waals surface area (Å²) in [4.78, 5) is 19.3. The molecule has 2 aliphatic rings. The summed E-state index contributed by atoms with van der Waals surface area (Å²) in [6.07, 6.45) is 5.79. The number of hydrogen-bond acceptors (Lipinski definition) is 3. The number of rotatable bonds is 4. The smallest absolute Gasteiger partial charge is 0.408 e. The van der Waals surface area contributed by atoms with Gasteiger partial charge in [-0.25, -0.2) is 4.79 Å². The zero-order valence-corrected chi connectivity index (χ0v) is 22.5. The molecule has 0 atom stereocenters. The molecule has 2 aromatic heterocycles. The SMILES string of the molecule is Cn1cc2c(n1)-c1cc(-c3ccccc3)c(-c3ccc(C4(N(C(=O)O)C(C)(C)C)CCC4)cc3)nc1CC2. The maximum Gasteiger partial charge on any atom is 0.408 e. The van der Waals surface area contributed by atoms with Gasteiger partial charge in [0.05, 0.1) is 22.6 Å². The summed E-state index contributed by atoms with van der Waals surface area (Å²) in [7, 11) is 1.97. The third-order valence-corrected chi connectivity index (χ3v) is 8.14. The maximum absolute atomic E-state index is 12.4. The normalized spacial score (nSPS) is 15.8. The van der Waals surface area contributed by atoms with E-state index in [1.807, 2.05) is 38.6 Å². The van der Waals surface area contributed by atoms with E-state index in [1.165, 1.54) is 5.56 Å². The molecule has 0 radical (unpaired) electrons. The number of benzene rings is 2. The number of carbonyl (C=O) groups is 1. The van der Waals surface area contributed by atoms with Crippen molar-refractivity contribution in [1.29, 1.82) is 0 Å². The van der Waals surface area contributed by atoms with E-state index in [-0.39, 0.29) is 0 Å². The lowest BCUT2D eigenvalue weighted by Gasteiger charge is -2.54. The number of hydrogen-bond donors (Lipinski definition) is 1. The molecule has 0 unspecified atom stereocenters. The van der Waals surface area contributed by atoms with Gasteiger partial charge >= 0.3 is 6.09 Å². The van der Waals surface area contributed by atoms with Crippen molar-refractivity contribution in [3.05, 3.63) is 83.7 Å². The first-order chi connectivity index (χ1) is 18.2. The van der Waals surface area contributed by atoms with E-state index in [2.05, 4.69) is 60.8 Å². The summed E-state index contributed by atoms with van der Waals surface area (Å²) >= 11 is 0. The van der Waals surface area contributed by atoms with Crippen LogP contribution >= 0.6 is 0 Å². The molecule has 0 aliphatic heterocycles. The number of nitrogens with zero attached hydrogens (tertiary/aromatic N) is 4. The topological polar surface area (TPSA) is 71.2 Å². The van der Waals surface area contributed by atoms with Crippen molar-refractivity contribution in [2.45, 2.75) is 64.0 Å². The van der Waals surface area contributed by atoms with Crippen LogP contribution in [0, 0.1) is 0 Å². The molecule has 38 heavy (non-hydrogen) atoms. The molecule has 0 bridgehead atoms. The summed E-state index contributed by atoms with van der Waals surface area (Å²) in [6, 6.07) is 21.1. The third-order valence-electron chi connectivity index (χ3n) is 8.14. The summed E-state index contributed by atoms with van der Waals surface area (Å²) in [5.74, 6) is 0. The van der Waals surface area contributed by atoms with Crippen LogP contribution in [0.4, 0.5) is 4.79 Å². The van der Waals surface area contributed by atoms with E-state index in [9.17, 15) is 9.90 Å². The lowest BCUT2D eigenvalue weighted by atomic mass is 9.69. The molecule has 6 nitrogen and oxygen atoms in total. The fourth-order valence-corrected chi connectivity index (χ4v) is 6.41. The first-order valence-electron chi connectivity index (χ1n) is 13.4. The van der Waals surface area contributed by atoms with Crippen LogP contribution in [0.5, 0.6) is 0 Å². The van der Waals surface area contributed by atoms with Crippen molar-refractivity contribution in [3.8, 4) is 33.6 Å². The van der Waals surface area contributed by atoms with Crippen molar-refractivity contribution in [2.24, 2.45) is 7.05 Å². The Kier molecular flexibility index (Phi) is 5.67. The fraction of sp³-hybridized carbons (Fsp3) is 0.344. The van der Waals surface area contributed by atoms with Gasteiger partial charge in [-0.05, 0) is 75.6 Å². The van der Waals surface area contributed by atoms with Gasteiger partial charge in [0.25, 0.3) is 0 Å². The third kappa shape index (κ3) is 3.90. The number of pyridine rings is 1. The molecule has 0 saturated heterocycles. The minimum absolute atomic E-state index is 0.483. The highest BCUT2D eigenvalue weighted by atomic mass is 16.4. The van der Waals surface area contributed by atoms with Crippen molar-refractivity contribution >= 4 is 6.09 Å². The highest BCUT2D eigenvalue weighted by molar-refractivity contribution is 5.86. The molecule has 1 N–H and O–H groups in total. The van der Waals surface area contributed by atoms with Crippen molar-refractivity contribution < 1.29 is 9.90 Å². The monoisotopic (exact) mass is 506 g/mol. The van der Waals surface area contributed by atoms with Crippen LogP contribution in [-0.4, -0.2) is 36.4 Å². The number of carboxylic acid groups (broad SMARTS) is 1. The second kappa shape index (κ2) is 8.83. The van der Waals surface area contributed by atoms with E-state index >= 15 is 0 Å². The van der Waals surface area contributed by atoms with Crippen LogP contribution < -0.4 is 0 Å². The predicted octanol–water partition coefficient (Wildman–Crippen LogP) is 7.07. The number of aryl methyl sites for hydroxylation is 3. The van der Waals surface area contributed by atoms with Gasteiger partial charge in [0.15, 0.2) is 0 Å². The van der Waals surface area contributed by atoms with Crippen molar-refractivity contribution in [3.63, 3.8) is 0 Å². The van der Waals surface area contributed by atoms with E-state index in [0.29, 0.717) is 0 Å². The van der Waals surface area contributed by atoms with E-state index in [4.69, 9.17) is 10.1 Å². The molecular formula is C32H34N4O2. The van der Waals surface area contributed by atoms with Crippen LogP contribution in [0.1, 0.15) is 56.9 Å². The minimum atomic E-state index is -0.863. The van der Waals surface area contributed by atoms with E-state index in [1.54, 1.807) is 4.90 Å². The maximum atomic E-state index is 12.4. The average molecular weight is 507 g/mol. The summed E-state index contributed by atoms with van der Waals surface area (Å²) < 4.78 is 1.89. The van der Waals surface area contributed by atoms with Crippen LogP contribution in [0.15, 0.2) is 66.9 Å². The van der Waals surface area contributed by atoms with Gasteiger partial charge in [0, 0.05) is 35.5 Å². The first kappa shape index (κ1) is 24.4. The Morgan fingerprint density at radius 1 is 0.947 bits per heavy atom. The zero-order chi connectivity index (χ0) is 26.7. The van der Waals surface area contributed by atoms with Crippen molar-refractivity contribution in [1.82, 2.24) is 19.7 Å². The highest BCUT2D eigenvalue weighted by Gasteiger charge is 2.50. The summed E-state index contributed by atoms with van der Waals surface area (Å²) in [5, 5.41) is 14.9. The van der Waals surface area contributed by atoms with Gasteiger partial charge in [0.1, 0.15) is 0 Å². The first-order valence-corrected chi connectivity index (χ1v) is 13.4. The molecule has 1 amide bonds. The number of amides is 1. The van der Waals surface area contributed by atoms with Crippen molar-refractivity contribution in [2.75, 3.05) is 0 Å². The Balaban J connectivity index is 1.46. The minimum Gasteiger partial charge on any atom is -0.465 e. The van der Waals surface area contributed by atoms with Gasteiger partial charge < -0.3 is 5.11 Å². The van der Waals surface area contributed by atoms with Gasteiger partial charge in [-0.15, -0.1) is 0 Å². The molecule has 194 valence electrons. The standard InChI is InChI=1S/C32H34N4O2/c1-31(2,3)36(30(37)38)32(17-8-18-32)24-14-11-22(12-15-24)28-25(21-9-6-5-7-10-21)19-26-27(33-28)16-13-23-20-35(4)34-29(23)26/h5-7,9-12,14-15,19-20H,8,13,16-18H2,1-4H3,(H,37,38). The van der Waals surface area contributed by atoms with Gasteiger partial charge in [-0.3, -0.25) is 14.6 Å². The molecule has 2 heterocycles. The molecule has 2 aliphatic carbocycles. The second-order valence-corrected chi connectivity index (χ2v) is 11.7. The molecule has 2 aromatic carbocycles. The van der Waals surface area contributed by atoms with Gasteiger partial charge in [-0.2, -0.15) is 5.10 Å². The highest BCUT2D eigenvalue weighted by Crippen LogP contribution is 2.50. The Hall–Kier alpha value is -3.93. The molecule has 1 saturated carbocycles. The number of fused-ring (bicyclic) bond motifs is 3. The Labute approximate surface area is 224 Å². The van der Waals surface area contributed by atoms with Crippen LogP contribution in [0.3, 0.4) is 0 Å². The van der Waals surface area contributed by atoms with Crippen LogP contribution in [0.25, 0.3) is 33.6 Å². The molecule has 6 rings (SSSR count). The molecule has 6 heteroatoms. The molecule has 0 spiro atoms. The summed E-state index contributed by atoms with van der Waals surface area (Å²) in [5.41, 5.74) is 8.76. The van der Waals surface area contributed by atoms with E-state index in [0.717, 1.165) is 77.0 Å². The lowest BCUT2D eigenvalue weighted by Crippen LogP contribution is -2.60. The quantitative estimate of drug-likeness (QED) is 0.321. The predicted molar refractivity (Wildman–Crippen MR) is 150 cm³/mol. The van der Waals surface area contributed by atoms with E-state index < -0.39 is 17.2 Å². The van der Waals surface area contributed by atoms with Gasteiger partial charge in [-0.1, -0.05) is 54.6 Å². The Bertz CT molecular complexity index is 1510. The number of aromatic nitrogens is 3.